The SMILES string of the molecule is CC(C)(C)OC(=O)N(O)C(CCO)c1csc(C(N)=O)n1. The molecule has 0 spiro atoms. The molecule has 0 aliphatic heterocycles. The van der Waals surface area contributed by atoms with Crippen LogP contribution in [0.3, 0.4) is 0 Å². The summed E-state index contributed by atoms with van der Waals surface area (Å²) in [5, 5.41) is 21.0. The summed E-state index contributed by atoms with van der Waals surface area (Å²) >= 11 is 0.997. The van der Waals surface area contributed by atoms with Gasteiger partial charge in [0.05, 0.1) is 5.69 Å². The summed E-state index contributed by atoms with van der Waals surface area (Å²) in [6.07, 6.45) is -0.924. The Morgan fingerprint density at radius 2 is 2.14 bits per heavy atom. The monoisotopic (exact) mass is 317 g/mol. The third kappa shape index (κ3) is 4.96. The number of thiazole rings is 1. The van der Waals surface area contributed by atoms with Crippen molar-refractivity contribution in [2.75, 3.05) is 6.61 Å². The van der Waals surface area contributed by atoms with E-state index >= 15 is 0 Å². The van der Waals surface area contributed by atoms with Crippen molar-refractivity contribution in [2.45, 2.75) is 38.8 Å². The molecule has 8 nitrogen and oxygen atoms in total. The van der Waals surface area contributed by atoms with Crippen LogP contribution >= 0.6 is 11.3 Å². The summed E-state index contributed by atoms with van der Waals surface area (Å²) in [6.45, 7) is 4.70. The maximum Gasteiger partial charge on any atom is 0.434 e. The zero-order chi connectivity index (χ0) is 16.2. The van der Waals surface area contributed by atoms with E-state index in [0.717, 1.165) is 11.3 Å². The number of aliphatic hydroxyl groups excluding tert-OH is 1. The Morgan fingerprint density at radius 1 is 1.52 bits per heavy atom. The summed E-state index contributed by atoms with van der Waals surface area (Å²) in [5.41, 5.74) is 4.60. The Morgan fingerprint density at radius 3 is 2.57 bits per heavy atom. The minimum atomic E-state index is -0.963. The molecule has 0 radical (unpaired) electrons. The van der Waals surface area contributed by atoms with Crippen LogP contribution in [0.5, 0.6) is 0 Å². The molecule has 118 valence electrons. The van der Waals surface area contributed by atoms with Gasteiger partial charge < -0.3 is 15.6 Å². The molecular formula is C12H19N3O5S. The number of rotatable bonds is 5. The van der Waals surface area contributed by atoms with Crippen LogP contribution in [-0.4, -0.2) is 44.6 Å². The predicted octanol–water partition coefficient (Wildman–Crippen LogP) is 1.29. The van der Waals surface area contributed by atoms with Crippen molar-refractivity contribution >= 4 is 23.3 Å². The Labute approximate surface area is 126 Å². The Bertz CT molecular complexity index is 511. The average molecular weight is 317 g/mol. The molecule has 4 N–H and O–H groups in total. The fourth-order valence-electron chi connectivity index (χ4n) is 1.51. The molecule has 2 amide bonds. The van der Waals surface area contributed by atoms with E-state index in [-0.39, 0.29) is 23.7 Å². The van der Waals surface area contributed by atoms with Crippen LogP contribution in [0.25, 0.3) is 0 Å². The third-order valence-corrected chi connectivity index (χ3v) is 3.23. The first-order valence-electron chi connectivity index (χ1n) is 6.23. The number of aromatic nitrogens is 1. The van der Waals surface area contributed by atoms with E-state index in [2.05, 4.69) is 4.98 Å². The van der Waals surface area contributed by atoms with Crippen LogP contribution in [0.15, 0.2) is 5.38 Å². The van der Waals surface area contributed by atoms with Gasteiger partial charge in [-0.05, 0) is 27.2 Å². The number of ether oxygens (including phenoxy) is 1. The maximum absolute atomic E-state index is 11.8. The second-order valence-corrected chi connectivity index (χ2v) is 6.15. The van der Waals surface area contributed by atoms with E-state index < -0.39 is 23.6 Å². The molecule has 0 bridgehead atoms. The van der Waals surface area contributed by atoms with Crippen molar-refractivity contribution < 1.29 is 24.6 Å². The lowest BCUT2D eigenvalue weighted by Crippen LogP contribution is -2.37. The number of hydrogen-bond donors (Lipinski definition) is 3. The normalized spacial score (nSPS) is 12.8. The zero-order valence-corrected chi connectivity index (χ0v) is 12.9. The first-order valence-corrected chi connectivity index (χ1v) is 7.11. The summed E-state index contributed by atoms with van der Waals surface area (Å²) in [6, 6.07) is -0.922. The lowest BCUT2D eigenvalue weighted by molar-refractivity contribution is -0.125. The minimum absolute atomic E-state index is 0.0394. The van der Waals surface area contributed by atoms with Crippen LogP contribution in [0.1, 0.15) is 48.7 Å². The van der Waals surface area contributed by atoms with Gasteiger partial charge in [-0.15, -0.1) is 11.3 Å². The first kappa shape index (κ1) is 17.3. The molecule has 1 aromatic heterocycles. The highest BCUT2D eigenvalue weighted by Crippen LogP contribution is 2.26. The number of primary amides is 1. The van der Waals surface area contributed by atoms with Crippen LogP contribution in [0.4, 0.5) is 4.79 Å². The average Bonchev–Trinajstić information content (AvgIpc) is 2.82. The van der Waals surface area contributed by atoms with E-state index in [1.807, 2.05) is 0 Å². The van der Waals surface area contributed by atoms with E-state index in [1.54, 1.807) is 20.8 Å². The summed E-state index contributed by atoms with van der Waals surface area (Å²) in [4.78, 5) is 26.8. The predicted molar refractivity (Wildman–Crippen MR) is 74.9 cm³/mol. The molecule has 1 rings (SSSR count). The van der Waals surface area contributed by atoms with Crippen molar-refractivity contribution in [3.8, 4) is 0 Å². The van der Waals surface area contributed by atoms with Gasteiger partial charge in [-0.25, -0.2) is 9.78 Å². The molecule has 21 heavy (non-hydrogen) atoms. The number of hydrogen-bond acceptors (Lipinski definition) is 7. The molecule has 1 atom stereocenters. The lowest BCUT2D eigenvalue weighted by Gasteiger charge is -2.27. The molecule has 0 aromatic carbocycles. The van der Waals surface area contributed by atoms with Gasteiger partial charge in [0.2, 0.25) is 0 Å². The maximum atomic E-state index is 11.8. The number of nitrogens with two attached hydrogens (primary N) is 1. The molecule has 1 aromatic rings. The molecule has 0 saturated carbocycles. The Kier molecular flexibility index (Phi) is 5.64. The van der Waals surface area contributed by atoms with Crippen molar-refractivity contribution in [2.24, 2.45) is 5.73 Å². The lowest BCUT2D eigenvalue weighted by atomic mass is 10.1. The molecule has 9 heteroatoms. The van der Waals surface area contributed by atoms with Gasteiger partial charge in [-0.2, -0.15) is 5.06 Å². The van der Waals surface area contributed by atoms with Crippen molar-refractivity contribution in [3.05, 3.63) is 16.1 Å². The molecular weight excluding hydrogens is 298 g/mol. The Hall–Kier alpha value is -1.71. The van der Waals surface area contributed by atoms with Gasteiger partial charge in [0, 0.05) is 12.0 Å². The fraction of sp³-hybridized carbons (Fsp3) is 0.583. The highest BCUT2D eigenvalue weighted by molar-refractivity contribution is 7.11. The topological polar surface area (TPSA) is 126 Å². The van der Waals surface area contributed by atoms with Gasteiger partial charge >= 0.3 is 6.09 Å². The van der Waals surface area contributed by atoms with Gasteiger partial charge in [0.25, 0.3) is 5.91 Å². The van der Waals surface area contributed by atoms with Gasteiger partial charge in [-0.3, -0.25) is 10.0 Å². The van der Waals surface area contributed by atoms with Gasteiger partial charge in [0.15, 0.2) is 5.01 Å². The van der Waals surface area contributed by atoms with E-state index in [0.29, 0.717) is 5.06 Å². The largest absolute Gasteiger partial charge is 0.442 e. The van der Waals surface area contributed by atoms with Crippen LogP contribution in [0.2, 0.25) is 0 Å². The number of amides is 2. The standard InChI is InChI=1S/C12H19N3O5S/c1-12(2,3)20-11(18)15(19)8(4-5-16)7-6-21-10(14-7)9(13)17/h6,8,16,19H,4-5H2,1-3H3,(H2,13,17). The molecule has 1 unspecified atom stereocenters. The molecule has 0 aliphatic rings. The summed E-state index contributed by atoms with van der Waals surface area (Å²) in [5.74, 6) is -0.698. The molecule has 0 aliphatic carbocycles. The Balaban J connectivity index is 2.94. The number of nitrogens with zero attached hydrogens (tertiary/aromatic N) is 2. The minimum Gasteiger partial charge on any atom is -0.442 e. The zero-order valence-electron chi connectivity index (χ0n) is 12.1. The second-order valence-electron chi connectivity index (χ2n) is 5.29. The molecule has 0 saturated heterocycles. The van der Waals surface area contributed by atoms with Crippen molar-refractivity contribution in [3.63, 3.8) is 0 Å². The number of carbonyl (C=O) groups is 2. The molecule has 0 fully saturated rings. The van der Waals surface area contributed by atoms with Crippen LogP contribution in [-0.2, 0) is 4.74 Å². The van der Waals surface area contributed by atoms with Crippen molar-refractivity contribution in [1.29, 1.82) is 0 Å². The van der Waals surface area contributed by atoms with E-state index in [1.165, 1.54) is 5.38 Å². The van der Waals surface area contributed by atoms with E-state index in [4.69, 9.17) is 15.6 Å². The summed E-state index contributed by atoms with van der Waals surface area (Å²) < 4.78 is 5.04. The quantitative estimate of drug-likeness (QED) is 0.555. The number of carbonyl (C=O) groups excluding carboxylic acids is 2. The van der Waals surface area contributed by atoms with Crippen molar-refractivity contribution in [1.82, 2.24) is 10.0 Å². The molecule has 1 heterocycles. The smallest absolute Gasteiger partial charge is 0.434 e. The number of aliphatic hydroxyl groups is 1. The third-order valence-electron chi connectivity index (χ3n) is 2.35. The highest BCUT2D eigenvalue weighted by Gasteiger charge is 2.30. The number of hydroxylamine groups is 2. The van der Waals surface area contributed by atoms with E-state index in [9.17, 15) is 14.8 Å². The van der Waals surface area contributed by atoms with Crippen LogP contribution < -0.4 is 5.73 Å². The van der Waals surface area contributed by atoms with Gasteiger partial charge in [0.1, 0.15) is 11.6 Å². The highest BCUT2D eigenvalue weighted by atomic mass is 32.1. The van der Waals surface area contributed by atoms with Crippen LogP contribution in [0, 0.1) is 0 Å². The first-order chi connectivity index (χ1) is 9.65. The second kappa shape index (κ2) is 6.83. The summed E-state index contributed by atoms with van der Waals surface area (Å²) in [7, 11) is 0. The fourth-order valence-corrected chi connectivity index (χ4v) is 2.22. The van der Waals surface area contributed by atoms with Gasteiger partial charge in [-0.1, -0.05) is 0 Å².